The highest BCUT2D eigenvalue weighted by atomic mass is 31.3. The van der Waals surface area contributed by atoms with Crippen molar-refractivity contribution < 1.29 is 40.9 Å². The minimum Gasteiger partial charge on any atom is -0.302 e. The standard InChI is InChI=1S/C4H11O9P3/c1-4(2,3)10-16(9)12-14(5,6)11-15(7,8)13-16/h1-3H3,(H,5,6)(H,7,8). The van der Waals surface area contributed by atoms with Crippen molar-refractivity contribution >= 4 is 23.5 Å². The summed E-state index contributed by atoms with van der Waals surface area (Å²) in [5.41, 5.74) is -1.08. The summed E-state index contributed by atoms with van der Waals surface area (Å²) in [4.78, 5) is 17.8. The van der Waals surface area contributed by atoms with Gasteiger partial charge in [-0.15, -0.1) is 0 Å². The highest BCUT2D eigenvalue weighted by Gasteiger charge is 2.55. The molecule has 1 heterocycles. The van der Waals surface area contributed by atoms with E-state index in [1.807, 2.05) is 0 Å². The summed E-state index contributed by atoms with van der Waals surface area (Å²) in [6, 6.07) is 0. The Labute approximate surface area is 91.5 Å². The van der Waals surface area contributed by atoms with E-state index >= 15 is 0 Å². The zero-order valence-corrected chi connectivity index (χ0v) is 11.3. The van der Waals surface area contributed by atoms with E-state index in [1.165, 1.54) is 20.8 Å². The van der Waals surface area contributed by atoms with Crippen LogP contribution in [-0.2, 0) is 31.2 Å². The van der Waals surface area contributed by atoms with Crippen LogP contribution in [-0.4, -0.2) is 15.4 Å². The number of rotatable bonds is 1. The van der Waals surface area contributed by atoms with Crippen molar-refractivity contribution in [1.29, 1.82) is 0 Å². The first-order valence-electron chi connectivity index (χ1n) is 3.93. The van der Waals surface area contributed by atoms with Crippen LogP contribution in [0.25, 0.3) is 0 Å². The fourth-order valence-corrected chi connectivity index (χ4v) is 5.96. The van der Waals surface area contributed by atoms with Gasteiger partial charge in [-0.2, -0.15) is 12.9 Å². The maximum Gasteiger partial charge on any atom is 0.493 e. The highest BCUT2D eigenvalue weighted by molar-refractivity contribution is 7.74. The van der Waals surface area contributed by atoms with E-state index in [1.54, 1.807) is 0 Å². The lowest BCUT2D eigenvalue weighted by Gasteiger charge is -2.30. The number of phosphoric acid groups is 3. The zero-order chi connectivity index (χ0) is 12.8. The van der Waals surface area contributed by atoms with Gasteiger partial charge >= 0.3 is 23.5 Å². The monoisotopic (exact) mass is 296 g/mol. The summed E-state index contributed by atoms with van der Waals surface area (Å²) in [5, 5.41) is 0. The Hall–Kier alpha value is 0.450. The van der Waals surface area contributed by atoms with Crippen molar-refractivity contribution in [3.05, 3.63) is 0 Å². The molecule has 0 aliphatic carbocycles. The molecule has 0 aromatic carbocycles. The Bertz CT molecular complexity index is 393. The summed E-state index contributed by atoms with van der Waals surface area (Å²) in [6.45, 7) is 4.33. The van der Waals surface area contributed by atoms with Crippen LogP contribution in [0.2, 0.25) is 0 Å². The lowest BCUT2D eigenvalue weighted by Crippen LogP contribution is -2.20. The van der Waals surface area contributed by atoms with Crippen LogP contribution in [0.4, 0.5) is 0 Å². The summed E-state index contributed by atoms with van der Waals surface area (Å²) in [7, 11) is -14.5. The smallest absolute Gasteiger partial charge is 0.302 e. The Morgan fingerprint density at radius 2 is 1.31 bits per heavy atom. The first-order chi connectivity index (χ1) is 6.83. The zero-order valence-electron chi connectivity index (χ0n) is 8.59. The molecule has 0 aromatic rings. The van der Waals surface area contributed by atoms with Crippen LogP contribution in [0, 0.1) is 0 Å². The molecular weight excluding hydrogens is 285 g/mol. The highest BCUT2D eigenvalue weighted by Crippen LogP contribution is 2.80. The lowest BCUT2D eigenvalue weighted by molar-refractivity contribution is 0.0662. The molecule has 1 fully saturated rings. The minimum atomic E-state index is -4.94. The third-order valence-electron chi connectivity index (χ3n) is 0.998. The maximum absolute atomic E-state index is 11.7. The second-order valence-corrected chi connectivity index (χ2v) is 8.74. The molecule has 2 N–H and O–H groups in total. The van der Waals surface area contributed by atoms with Crippen molar-refractivity contribution in [2.45, 2.75) is 26.4 Å². The van der Waals surface area contributed by atoms with E-state index in [9.17, 15) is 13.7 Å². The first kappa shape index (κ1) is 14.5. The van der Waals surface area contributed by atoms with E-state index in [-0.39, 0.29) is 0 Å². The van der Waals surface area contributed by atoms with Crippen molar-refractivity contribution in [2.24, 2.45) is 0 Å². The van der Waals surface area contributed by atoms with Crippen molar-refractivity contribution in [3.8, 4) is 0 Å². The van der Waals surface area contributed by atoms with Gasteiger partial charge in [0.2, 0.25) is 0 Å². The molecule has 1 aliphatic heterocycles. The second kappa shape index (κ2) is 3.99. The van der Waals surface area contributed by atoms with Gasteiger partial charge < -0.3 is 9.79 Å². The van der Waals surface area contributed by atoms with Gasteiger partial charge in [0.25, 0.3) is 0 Å². The molecule has 0 saturated carbocycles. The number of hydrogen-bond donors (Lipinski definition) is 2. The van der Waals surface area contributed by atoms with Gasteiger partial charge in [-0.05, 0) is 20.8 Å². The molecule has 0 bridgehead atoms. The molecule has 12 heteroatoms. The topological polar surface area (TPSA) is 129 Å². The van der Waals surface area contributed by atoms with Gasteiger partial charge in [-0.1, -0.05) is 0 Å². The van der Waals surface area contributed by atoms with Crippen molar-refractivity contribution in [2.75, 3.05) is 0 Å². The summed E-state index contributed by atoms with van der Waals surface area (Å²) in [6.07, 6.45) is 0. The first-order valence-corrected chi connectivity index (χ1v) is 8.38. The minimum absolute atomic E-state index is 1.08. The predicted molar refractivity (Wildman–Crippen MR) is 51.4 cm³/mol. The predicted octanol–water partition coefficient (Wildman–Crippen LogP) is 2.17. The Kier molecular flexibility index (Phi) is 3.61. The number of hydrogen-bond acceptors (Lipinski definition) is 7. The second-order valence-electron chi connectivity index (χ2n) is 3.83. The Balaban J connectivity index is 3.02. The molecule has 2 atom stereocenters. The molecule has 96 valence electrons. The lowest BCUT2D eigenvalue weighted by atomic mass is 10.2. The molecule has 2 unspecified atom stereocenters. The molecule has 9 nitrogen and oxygen atoms in total. The van der Waals surface area contributed by atoms with Gasteiger partial charge in [-0.25, -0.2) is 13.7 Å². The largest absolute Gasteiger partial charge is 0.493 e. The molecule has 0 amide bonds. The molecule has 0 radical (unpaired) electrons. The fraction of sp³-hybridized carbons (Fsp3) is 1.00. The summed E-state index contributed by atoms with van der Waals surface area (Å²) >= 11 is 0. The van der Waals surface area contributed by atoms with Crippen molar-refractivity contribution in [1.82, 2.24) is 0 Å². The van der Waals surface area contributed by atoms with Gasteiger partial charge in [0.15, 0.2) is 0 Å². The van der Waals surface area contributed by atoms with Gasteiger partial charge in [0.05, 0.1) is 5.60 Å². The van der Waals surface area contributed by atoms with Gasteiger partial charge in [0, 0.05) is 0 Å². The van der Waals surface area contributed by atoms with Gasteiger partial charge in [0.1, 0.15) is 0 Å². The van der Waals surface area contributed by atoms with Crippen LogP contribution in [0.3, 0.4) is 0 Å². The average Bonchev–Trinajstić information content (AvgIpc) is 1.66. The van der Waals surface area contributed by atoms with Crippen LogP contribution in [0.1, 0.15) is 20.8 Å². The fourth-order valence-electron chi connectivity index (χ4n) is 0.797. The molecule has 1 rings (SSSR count). The Morgan fingerprint density at radius 3 is 1.62 bits per heavy atom. The summed E-state index contributed by atoms with van der Waals surface area (Å²) in [5.74, 6) is 0. The molecule has 1 saturated heterocycles. The van der Waals surface area contributed by atoms with Crippen LogP contribution < -0.4 is 0 Å². The van der Waals surface area contributed by atoms with E-state index in [0.717, 1.165) is 0 Å². The summed E-state index contributed by atoms with van der Waals surface area (Å²) < 4.78 is 50.1. The maximum atomic E-state index is 11.7. The SMILES string of the molecule is CC(C)(C)OP1(=O)OP(=O)(O)OP(=O)(O)O1. The third kappa shape index (κ3) is 4.37. The molecular formula is C4H11O9P3. The molecule has 16 heavy (non-hydrogen) atoms. The van der Waals surface area contributed by atoms with Crippen molar-refractivity contribution in [3.63, 3.8) is 0 Å². The molecule has 0 aromatic heterocycles. The normalized spacial score (nSPS) is 45.6. The van der Waals surface area contributed by atoms with Crippen LogP contribution in [0.15, 0.2) is 0 Å². The average molecular weight is 296 g/mol. The molecule has 1 aliphatic rings. The molecule has 0 spiro atoms. The van der Waals surface area contributed by atoms with Crippen LogP contribution >= 0.6 is 23.5 Å². The van der Waals surface area contributed by atoms with E-state index < -0.39 is 29.1 Å². The van der Waals surface area contributed by atoms with E-state index in [2.05, 4.69) is 12.9 Å². The Morgan fingerprint density at radius 1 is 0.938 bits per heavy atom. The van der Waals surface area contributed by atoms with E-state index in [4.69, 9.17) is 14.3 Å². The van der Waals surface area contributed by atoms with Gasteiger partial charge in [-0.3, -0.25) is 4.52 Å². The quantitative estimate of drug-likeness (QED) is 0.699. The van der Waals surface area contributed by atoms with E-state index in [0.29, 0.717) is 0 Å². The van der Waals surface area contributed by atoms with Crippen LogP contribution in [0.5, 0.6) is 0 Å². The third-order valence-corrected chi connectivity index (χ3v) is 6.67.